The Morgan fingerprint density at radius 2 is 1.83 bits per heavy atom. The van der Waals surface area contributed by atoms with E-state index in [-0.39, 0.29) is 11.9 Å². The lowest BCUT2D eigenvalue weighted by atomic mass is 10.1. The third kappa shape index (κ3) is 4.46. The molecule has 2 aromatic carbocycles. The van der Waals surface area contributed by atoms with E-state index in [4.69, 9.17) is 14.2 Å². The molecule has 1 atom stereocenters. The second-order valence-electron chi connectivity index (χ2n) is 7.62. The van der Waals surface area contributed by atoms with Crippen LogP contribution in [0.1, 0.15) is 17.3 Å². The van der Waals surface area contributed by atoms with Crippen LogP contribution in [-0.2, 0) is 0 Å². The van der Waals surface area contributed by atoms with Crippen LogP contribution >= 0.6 is 0 Å². The topological polar surface area (TPSA) is 63.3 Å². The van der Waals surface area contributed by atoms with Crippen molar-refractivity contribution in [2.45, 2.75) is 13.0 Å². The standard InChI is InChI=1S/C23H29N3O4/c1-17(25-8-10-26(11-9-25)19-6-4-3-5-7-19)16-24-23(27)18-14-20(28-2)22-21(15-18)29-12-13-30-22/h3-7,14-15,17H,8-13,16H2,1-2H3,(H,24,27). The molecule has 160 valence electrons. The Bertz CT molecular complexity index is 849. The summed E-state index contributed by atoms with van der Waals surface area (Å²) < 4.78 is 16.6. The molecule has 2 aliphatic heterocycles. The summed E-state index contributed by atoms with van der Waals surface area (Å²) in [7, 11) is 1.56. The fraction of sp³-hybridized carbons (Fsp3) is 0.435. The van der Waals surface area contributed by atoms with Crippen molar-refractivity contribution in [3.8, 4) is 17.2 Å². The van der Waals surface area contributed by atoms with Gasteiger partial charge in [0.25, 0.3) is 5.91 Å². The molecule has 0 saturated carbocycles. The Labute approximate surface area is 177 Å². The number of carbonyl (C=O) groups excluding carboxylic acids is 1. The normalized spacial score (nSPS) is 17.3. The minimum atomic E-state index is -0.139. The lowest BCUT2D eigenvalue weighted by Gasteiger charge is -2.39. The molecule has 1 saturated heterocycles. The summed E-state index contributed by atoms with van der Waals surface area (Å²) in [6.07, 6.45) is 0. The Kier molecular flexibility index (Phi) is 6.28. The van der Waals surface area contributed by atoms with Gasteiger partial charge in [-0.25, -0.2) is 0 Å². The lowest BCUT2D eigenvalue weighted by molar-refractivity contribution is 0.0932. The third-order valence-electron chi connectivity index (χ3n) is 5.71. The summed E-state index contributed by atoms with van der Waals surface area (Å²) in [5, 5.41) is 3.05. The number of nitrogens with one attached hydrogen (secondary N) is 1. The molecule has 0 spiro atoms. The fourth-order valence-corrected chi connectivity index (χ4v) is 3.94. The van der Waals surface area contributed by atoms with E-state index in [1.54, 1.807) is 19.2 Å². The van der Waals surface area contributed by atoms with E-state index in [2.05, 4.69) is 46.3 Å². The number of rotatable bonds is 6. The highest BCUT2D eigenvalue weighted by Crippen LogP contribution is 2.40. The van der Waals surface area contributed by atoms with Crippen molar-refractivity contribution < 1.29 is 19.0 Å². The van der Waals surface area contributed by atoms with Crippen LogP contribution in [0.25, 0.3) is 0 Å². The molecular formula is C23H29N3O4. The van der Waals surface area contributed by atoms with Gasteiger partial charge in [-0.15, -0.1) is 0 Å². The summed E-state index contributed by atoms with van der Waals surface area (Å²) in [6.45, 7) is 7.61. The molecule has 1 N–H and O–H groups in total. The summed E-state index contributed by atoms with van der Waals surface area (Å²) in [4.78, 5) is 17.6. The molecule has 0 radical (unpaired) electrons. The first-order valence-electron chi connectivity index (χ1n) is 10.5. The number of piperazine rings is 1. The van der Waals surface area contributed by atoms with Crippen LogP contribution in [0, 0.1) is 0 Å². The Balaban J connectivity index is 1.31. The SMILES string of the molecule is COc1cc(C(=O)NCC(C)N2CCN(c3ccccc3)CC2)cc2c1OCCO2. The van der Waals surface area contributed by atoms with Crippen LogP contribution in [0.3, 0.4) is 0 Å². The maximum Gasteiger partial charge on any atom is 0.251 e. The fourth-order valence-electron chi connectivity index (χ4n) is 3.94. The maximum absolute atomic E-state index is 12.7. The van der Waals surface area contributed by atoms with Gasteiger partial charge in [0.2, 0.25) is 5.75 Å². The summed E-state index contributed by atoms with van der Waals surface area (Å²) >= 11 is 0. The molecule has 2 aliphatic rings. The molecule has 7 nitrogen and oxygen atoms in total. The first-order valence-corrected chi connectivity index (χ1v) is 10.5. The lowest BCUT2D eigenvalue weighted by Crippen LogP contribution is -2.52. The highest BCUT2D eigenvalue weighted by molar-refractivity contribution is 5.95. The zero-order chi connectivity index (χ0) is 20.9. The van der Waals surface area contributed by atoms with E-state index >= 15 is 0 Å². The molecule has 2 heterocycles. The Morgan fingerprint density at radius 1 is 1.10 bits per heavy atom. The average Bonchev–Trinajstić information content (AvgIpc) is 2.82. The largest absolute Gasteiger partial charge is 0.493 e. The first kappa shape index (κ1) is 20.3. The number of ether oxygens (including phenoxy) is 3. The molecule has 2 aromatic rings. The van der Waals surface area contributed by atoms with E-state index < -0.39 is 0 Å². The van der Waals surface area contributed by atoms with Gasteiger partial charge in [-0.1, -0.05) is 18.2 Å². The Hall–Kier alpha value is -2.93. The minimum absolute atomic E-state index is 0.139. The van der Waals surface area contributed by atoms with Crippen molar-refractivity contribution in [3.63, 3.8) is 0 Å². The number of methoxy groups -OCH3 is 1. The Morgan fingerprint density at radius 3 is 2.57 bits per heavy atom. The molecule has 0 aromatic heterocycles. The number of amides is 1. The number of carbonyl (C=O) groups is 1. The monoisotopic (exact) mass is 411 g/mol. The van der Waals surface area contributed by atoms with Crippen molar-refractivity contribution in [2.75, 3.05) is 57.9 Å². The first-order chi connectivity index (χ1) is 14.7. The molecule has 1 fully saturated rings. The average molecular weight is 412 g/mol. The second-order valence-corrected chi connectivity index (χ2v) is 7.62. The molecule has 30 heavy (non-hydrogen) atoms. The molecule has 0 aliphatic carbocycles. The highest BCUT2D eigenvalue weighted by Gasteiger charge is 2.23. The maximum atomic E-state index is 12.7. The number of hydrogen-bond acceptors (Lipinski definition) is 6. The smallest absolute Gasteiger partial charge is 0.251 e. The van der Waals surface area contributed by atoms with Crippen LogP contribution in [0.4, 0.5) is 5.69 Å². The van der Waals surface area contributed by atoms with Gasteiger partial charge in [-0.3, -0.25) is 9.69 Å². The molecular weight excluding hydrogens is 382 g/mol. The third-order valence-corrected chi connectivity index (χ3v) is 5.71. The van der Waals surface area contributed by atoms with Crippen LogP contribution < -0.4 is 24.4 Å². The number of para-hydroxylation sites is 1. The van der Waals surface area contributed by atoms with Gasteiger partial charge in [0.1, 0.15) is 13.2 Å². The van der Waals surface area contributed by atoms with Gasteiger partial charge < -0.3 is 24.4 Å². The number of hydrogen-bond donors (Lipinski definition) is 1. The molecule has 7 heteroatoms. The molecule has 1 unspecified atom stereocenters. The van der Waals surface area contributed by atoms with E-state index in [0.29, 0.717) is 42.6 Å². The van der Waals surface area contributed by atoms with Crippen LogP contribution in [0.2, 0.25) is 0 Å². The van der Waals surface area contributed by atoms with Gasteiger partial charge in [0.15, 0.2) is 11.5 Å². The van der Waals surface area contributed by atoms with Gasteiger partial charge in [0.05, 0.1) is 7.11 Å². The zero-order valence-corrected chi connectivity index (χ0v) is 17.6. The van der Waals surface area contributed by atoms with Gasteiger partial charge in [-0.05, 0) is 31.2 Å². The van der Waals surface area contributed by atoms with Gasteiger partial charge >= 0.3 is 0 Å². The van der Waals surface area contributed by atoms with E-state index in [1.807, 2.05) is 6.07 Å². The molecule has 1 amide bonds. The number of nitrogens with zero attached hydrogens (tertiary/aromatic N) is 2. The molecule has 4 rings (SSSR count). The van der Waals surface area contributed by atoms with Crippen molar-refractivity contribution >= 4 is 11.6 Å². The quantitative estimate of drug-likeness (QED) is 0.788. The van der Waals surface area contributed by atoms with E-state index in [9.17, 15) is 4.79 Å². The minimum Gasteiger partial charge on any atom is -0.493 e. The van der Waals surface area contributed by atoms with E-state index in [1.165, 1.54) is 5.69 Å². The summed E-state index contributed by atoms with van der Waals surface area (Å²) in [5.74, 6) is 1.49. The predicted molar refractivity (Wildman–Crippen MR) is 116 cm³/mol. The predicted octanol–water partition coefficient (Wildman–Crippen LogP) is 2.41. The van der Waals surface area contributed by atoms with Gasteiger partial charge in [0, 0.05) is 50.0 Å². The number of benzene rings is 2. The van der Waals surface area contributed by atoms with Crippen molar-refractivity contribution in [3.05, 3.63) is 48.0 Å². The molecule has 0 bridgehead atoms. The van der Waals surface area contributed by atoms with Crippen LogP contribution in [0.15, 0.2) is 42.5 Å². The van der Waals surface area contributed by atoms with E-state index in [0.717, 1.165) is 26.2 Å². The summed E-state index contributed by atoms with van der Waals surface area (Å²) in [5.41, 5.74) is 1.78. The summed E-state index contributed by atoms with van der Waals surface area (Å²) in [6, 6.07) is 14.2. The zero-order valence-electron chi connectivity index (χ0n) is 17.6. The van der Waals surface area contributed by atoms with Crippen molar-refractivity contribution in [2.24, 2.45) is 0 Å². The number of fused-ring (bicyclic) bond motifs is 1. The highest BCUT2D eigenvalue weighted by atomic mass is 16.6. The van der Waals surface area contributed by atoms with Crippen LogP contribution in [0.5, 0.6) is 17.2 Å². The van der Waals surface area contributed by atoms with Crippen molar-refractivity contribution in [1.29, 1.82) is 0 Å². The number of anilines is 1. The second kappa shape index (κ2) is 9.26. The van der Waals surface area contributed by atoms with Crippen LogP contribution in [-0.4, -0.2) is 69.9 Å². The van der Waals surface area contributed by atoms with Crippen molar-refractivity contribution in [1.82, 2.24) is 10.2 Å². The van der Waals surface area contributed by atoms with Gasteiger partial charge in [-0.2, -0.15) is 0 Å².